The zero-order valence-corrected chi connectivity index (χ0v) is 10.5. The number of carbonyl (C=O) groups is 1. The van der Waals surface area contributed by atoms with Crippen LogP contribution in [0.2, 0.25) is 0 Å². The van der Waals surface area contributed by atoms with Gasteiger partial charge in [0.25, 0.3) is 0 Å². The average molecular weight is 243 g/mol. The third kappa shape index (κ3) is 5.06. The van der Waals surface area contributed by atoms with E-state index in [1.54, 1.807) is 0 Å². The molecule has 16 heavy (non-hydrogen) atoms. The van der Waals surface area contributed by atoms with Gasteiger partial charge in [0, 0.05) is 17.6 Å². The second-order valence-corrected chi connectivity index (χ2v) is 5.73. The zero-order chi connectivity index (χ0) is 12.2. The summed E-state index contributed by atoms with van der Waals surface area (Å²) in [7, 11) is 0. The quantitative estimate of drug-likeness (QED) is 0.829. The Hall–Kier alpha value is -1.17. The van der Waals surface area contributed by atoms with Crippen molar-refractivity contribution in [1.29, 1.82) is 0 Å². The van der Waals surface area contributed by atoms with Crippen molar-refractivity contribution in [2.45, 2.75) is 39.7 Å². The summed E-state index contributed by atoms with van der Waals surface area (Å²) >= 11 is 1.24. The van der Waals surface area contributed by atoms with Gasteiger partial charge in [0.1, 0.15) is 6.33 Å². The molecular weight excluding hydrogens is 226 g/mol. The standard InChI is InChI=1S/C10H17N3O2S/c1-10(2,3)5-7(4-8(14)15)13-9-11-6-12-16-9/h6-7H,4-5H2,1-3H3,(H,14,15)(H,11,12,13). The van der Waals surface area contributed by atoms with Gasteiger partial charge in [-0.3, -0.25) is 4.79 Å². The van der Waals surface area contributed by atoms with Gasteiger partial charge in [0.2, 0.25) is 5.13 Å². The first-order valence-corrected chi connectivity index (χ1v) is 5.89. The van der Waals surface area contributed by atoms with E-state index in [-0.39, 0.29) is 17.9 Å². The molecular formula is C10H17N3O2S. The number of carboxylic acids is 1. The smallest absolute Gasteiger partial charge is 0.305 e. The van der Waals surface area contributed by atoms with Crippen LogP contribution in [-0.4, -0.2) is 26.5 Å². The molecule has 1 unspecified atom stereocenters. The van der Waals surface area contributed by atoms with Gasteiger partial charge in [0.15, 0.2) is 0 Å². The van der Waals surface area contributed by atoms with Crippen molar-refractivity contribution in [3.63, 3.8) is 0 Å². The maximum atomic E-state index is 10.8. The summed E-state index contributed by atoms with van der Waals surface area (Å²) in [5, 5.41) is 12.6. The van der Waals surface area contributed by atoms with Crippen LogP contribution in [0, 0.1) is 5.41 Å². The third-order valence-corrected chi connectivity index (χ3v) is 2.56. The molecule has 0 saturated heterocycles. The molecule has 0 bridgehead atoms. The van der Waals surface area contributed by atoms with Gasteiger partial charge in [-0.25, -0.2) is 4.98 Å². The summed E-state index contributed by atoms with van der Waals surface area (Å²) in [4.78, 5) is 14.7. The van der Waals surface area contributed by atoms with Crippen molar-refractivity contribution in [2.75, 3.05) is 5.32 Å². The lowest BCUT2D eigenvalue weighted by molar-refractivity contribution is -0.137. The van der Waals surface area contributed by atoms with E-state index in [1.807, 2.05) is 0 Å². The van der Waals surface area contributed by atoms with Gasteiger partial charge < -0.3 is 10.4 Å². The maximum absolute atomic E-state index is 10.8. The summed E-state index contributed by atoms with van der Waals surface area (Å²) in [5.41, 5.74) is 0.0812. The van der Waals surface area contributed by atoms with E-state index in [9.17, 15) is 4.79 Å². The Balaban J connectivity index is 2.60. The lowest BCUT2D eigenvalue weighted by atomic mass is 9.87. The summed E-state index contributed by atoms with van der Waals surface area (Å²) in [5.74, 6) is -0.800. The van der Waals surface area contributed by atoms with Gasteiger partial charge in [-0.2, -0.15) is 4.37 Å². The van der Waals surface area contributed by atoms with Gasteiger partial charge in [-0.1, -0.05) is 20.8 Å². The number of nitrogens with one attached hydrogen (secondary N) is 1. The van der Waals surface area contributed by atoms with Crippen LogP contribution >= 0.6 is 11.5 Å². The highest BCUT2D eigenvalue weighted by molar-refractivity contribution is 7.09. The number of nitrogens with zero attached hydrogens (tertiary/aromatic N) is 2. The lowest BCUT2D eigenvalue weighted by Gasteiger charge is -2.25. The second kappa shape index (κ2) is 5.25. The number of carboxylic acid groups (broad SMARTS) is 1. The third-order valence-electron chi connectivity index (χ3n) is 1.97. The van der Waals surface area contributed by atoms with Crippen LogP contribution in [0.4, 0.5) is 5.13 Å². The van der Waals surface area contributed by atoms with Gasteiger partial charge >= 0.3 is 5.97 Å². The molecule has 0 saturated carbocycles. The molecule has 0 aromatic carbocycles. The summed E-state index contributed by atoms with van der Waals surface area (Å²) in [6.45, 7) is 6.26. The zero-order valence-electron chi connectivity index (χ0n) is 9.73. The van der Waals surface area contributed by atoms with Crippen LogP contribution in [0.25, 0.3) is 0 Å². The highest BCUT2D eigenvalue weighted by atomic mass is 32.1. The Morgan fingerprint density at radius 3 is 2.75 bits per heavy atom. The molecule has 0 spiro atoms. The highest BCUT2D eigenvalue weighted by Crippen LogP contribution is 2.24. The molecule has 0 amide bonds. The Kier molecular flexibility index (Phi) is 4.23. The number of aromatic nitrogens is 2. The molecule has 0 radical (unpaired) electrons. The number of hydrogen-bond donors (Lipinski definition) is 2. The average Bonchev–Trinajstić information content (AvgIpc) is 2.51. The Morgan fingerprint density at radius 2 is 2.31 bits per heavy atom. The molecule has 1 aromatic rings. The van der Waals surface area contributed by atoms with E-state index in [2.05, 4.69) is 35.4 Å². The van der Waals surface area contributed by atoms with Crippen molar-refractivity contribution >= 4 is 22.6 Å². The van der Waals surface area contributed by atoms with Crippen molar-refractivity contribution in [3.05, 3.63) is 6.33 Å². The summed E-state index contributed by atoms with van der Waals surface area (Å²) in [6, 6.07) is -0.106. The van der Waals surface area contributed by atoms with Crippen LogP contribution in [-0.2, 0) is 4.79 Å². The Morgan fingerprint density at radius 1 is 1.62 bits per heavy atom. The van der Waals surface area contributed by atoms with E-state index in [1.165, 1.54) is 17.9 Å². The molecule has 90 valence electrons. The second-order valence-electron chi connectivity index (χ2n) is 4.95. The van der Waals surface area contributed by atoms with Crippen molar-refractivity contribution < 1.29 is 9.90 Å². The molecule has 1 rings (SSSR count). The number of rotatable bonds is 5. The molecule has 1 heterocycles. The van der Waals surface area contributed by atoms with Crippen LogP contribution in [0.1, 0.15) is 33.6 Å². The van der Waals surface area contributed by atoms with E-state index in [0.29, 0.717) is 5.13 Å². The van der Waals surface area contributed by atoms with E-state index in [0.717, 1.165) is 6.42 Å². The first-order valence-electron chi connectivity index (χ1n) is 5.12. The fourth-order valence-electron chi connectivity index (χ4n) is 1.54. The maximum Gasteiger partial charge on any atom is 0.305 e. The fraction of sp³-hybridized carbons (Fsp3) is 0.700. The van der Waals surface area contributed by atoms with Gasteiger partial charge in [-0.05, 0) is 11.8 Å². The monoisotopic (exact) mass is 243 g/mol. The van der Waals surface area contributed by atoms with Crippen LogP contribution < -0.4 is 5.32 Å². The molecule has 2 N–H and O–H groups in total. The van der Waals surface area contributed by atoms with Crippen LogP contribution in [0.3, 0.4) is 0 Å². The Labute approximate surface area is 99.1 Å². The Bertz CT molecular complexity index is 332. The van der Waals surface area contributed by atoms with Crippen LogP contribution in [0.5, 0.6) is 0 Å². The molecule has 6 heteroatoms. The highest BCUT2D eigenvalue weighted by Gasteiger charge is 2.21. The topological polar surface area (TPSA) is 75.1 Å². The molecule has 1 aromatic heterocycles. The van der Waals surface area contributed by atoms with Crippen LogP contribution in [0.15, 0.2) is 6.33 Å². The minimum Gasteiger partial charge on any atom is -0.481 e. The molecule has 0 aliphatic carbocycles. The SMILES string of the molecule is CC(C)(C)CC(CC(=O)O)Nc1ncns1. The van der Waals surface area contributed by atoms with Crippen molar-refractivity contribution in [3.8, 4) is 0 Å². The van der Waals surface area contributed by atoms with Crippen molar-refractivity contribution in [1.82, 2.24) is 9.36 Å². The van der Waals surface area contributed by atoms with E-state index < -0.39 is 5.97 Å². The minimum atomic E-state index is -0.800. The molecule has 1 atom stereocenters. The van der Waals surface area contributed by atoms with E-state index >= 15 is 0 Å². The first kappa shape index (κ1) is 12.9. The fourth-order valence-corrected chi connectivity index (χ4v) is 2.04. The van der Waals surface area contributed by atoms with Gasteiger partial charge in [0.05, 0.1) is 6.42 Å². The lowest BCUT2D eigenvalue weighted by Crippen LogP contribution is -2.28. The molecule has 5 nitrogen and oxygen atoms in total. The number of anilines is 1. The largest absolute Gasteiger partial charge is 0.481 e. The predicted octanol–water partition coefficient (Wildman–Crippen LogP) is 2.23. The van der Waals surface area contributed by atoms with Gasteiger partial charge in [-0.15, -0.1) is 0 Å². The summed E-state index contributed by atoms with van der Waals surface area (Å²) < 4.78 is 3.87. The molecule has 0 aliphatic rings. The van der Waals surface area contributed by atoms with Crippen molar-refractivity contribution in [2.24, 2.45) is 5.41 Å². The normalized spacial score (nSPS) is 13.4. The predicted molar refractivity (Wildman–Crippen MR) is 63.6 cm³/mol. The first-order chi connectivity index (χ1) is 7.37. The number of aliphatic carboxylic acids is 1. The molecule has 0 fully saturated rings. The summed E-state index contributed by atoms with van der Waals surface area (Å²) in [6.07, 6.45) is 2.33. The minimum absolute atomic E-state index is 0.0812. The number of hydrogen-bond acceptors (Lipinski definition) is 5. The molecule has 0 aliphatic heterocycles. The van der Waals surface area contributed by atoms with E-state index in [4.69, 9.17) is 5.11 Å².